The Hall–Kier alpha value is -3.99. The molecule has 0 heterocycles. The summed E-state index contributed by atoms with van der Waals surface area (Å²) in [6.07, 6.45) is 0. The van der Waals surface area contributed by atoms with Gasteiger partial charge in [0.1, 0.15) is 17.4 Å². The highest BCUT2D eigenvalue weighted by Gasteiger charge is 2.21. The number of sulfonamides is 1. The van der Waals surface area contributed by atoms with Crippen molar-refractivity contribution in [2.75, 3.05) is 29.9 Å². The van der Waals surface area contributed by atoms with Crippen LogP contribution in [0.1, 0.15) is 0 Å². The molecule has 3 aromatic carbocycles. The minimum Gasteiger partial charge on any atom is -0.482 e. The lowest BCUT2D eigenvalue weighted by molar-refractivity contribution is -0.149. The standard InChI is InChI=1S/C23H20F2N2O6S/c1-27(34(30,31)21-12-4-17(25)5-13-21)19-8-10-20(11-9-19)32-15-23(29)33-14-22(28)26-18-6-2-16(24)3-7-18/h2-13H,14-15H2,1H3,(H,26,28). The van der Waals surface area contributed by atoms with Crippen LogP contribution >= 0.6 is 0 Å². The van der Waals surface area contributed by atoms with E-state index in [2.05, 4.69) is 5.32 Å². The van der Waals surface area contributed by atoms with Crippen LogP contribution in [0.15, 0.2) is 77.7 Å². The van der Waals surface area contributed by atoms with Gasteiger partial charge in [-0.1, -0.05) is 0 Å². The Labute approximate surface area is 194 Å². The Balaban J connectivity index is 1.48. The number of ether oxygens (including phenoxy) is 2. The first-order valence-electron chi connectivity index (χ1n) is 9.83. The third-order valence-corrected chi connectivity index (χ3v) is 6.32. The van der Waals surface area contributed by atoms with Crippen LogP contribution in [0.2, 0.25) is 0 Å². The number of carbonyl (C=O) groups excluding carboxylic acids is 2. The number of halogens is 2. The molecule has 3 rings (SSSR count). The maximum Gasteiger partial charge on any atom is 0.344 e. The van der Waals surface area contributed by atoms with Gasteiger partial charge in [-0.05, 0) is 72.8 Å². The number of nitrogens with one attached hydrogen (secondary N) is 1. The van der Waals surface area contributed by atoms with Gasteiger partial charge in [-0.3, -0.25) is 9.10 Å². The SMILES string of the molecule is CN(c1ccc(OCC(=O)OCC(=O)Nc2ccc(F)cc2)cc1)S(=O)(=O)c1ccc(F)cc1. The molecule has 0 saturated carbocycles. The minimum absolute atomic E-state index is 0.0667. The van der Waals surface area contributed by atoms with Gasteiger partial charge in [0, 0.05) is 12.7 Å². The Kier molecular flexibility index (Phi) is 7.79. The van der Waals surface area contributed by atoms with Crippen molar-refractivity contribution in [1.29, 1.82) is 0 Å². The maximum absolute atomic E-state index is 13.1. The number of hydrogen-bond donors (Lipinski definition) is 1. The Morgan fingerprint density at radius 3 is 2.00 bits per heavy atom. The first-order chi connectivity index (χ1) is 16.1. The van der Waals surface area contributed by atoms with E-state index in [0.717, 1.165) is 16.4 Å². The highest BCUT2D eigenvalue weighted by molar-refractivity contribution is 7.92. The van der Waals surface area contributed by atoms with Crippen LogP contribution in [0.3, 0.4) is 0 Å². The van der Waals surface area contributed by atoms with E-state index in [1.165, 1.54) is 67.7 Å². The second-order valence-corrected chi connectivity index (χ2v) is 8.89. The molecule has 0 spiro atoms. The van der Waals surface area contributed by atoms with Gasteiger partial charge in [0.25, 0.3) is 15.9 Å². The molecule has 11 heteroatoms. The number of hydrogen-bond acceptors (Lipinski definition) is 6. The molecule has 1 N–H and O–H groups in total. The summed E-state index contributed by atoms with van der Waals surface area (Å²) in [6.45, 7) is -1.03. The number of carbonyl (C=O) groups is 2. The van der Waals surface area contributed by atoms with Gasteiger partial charge in [0.15, 0.2) is 13.2 Å². The molecule has 0 aromatic heterocycles. The second kappa shape index (κ2) is 10.8. The van der Waals surface area contributed by atoms with Gasteiger partial charge < -0.3 is 14.8 Å². The summed E-state index contributed by atoms with van der Waals surface area (Å²) in [6, 6.07) is 15.4. The Morgan fingerprint density at radius 1 is 0.853 bits per heavy atom. The number of esters is 1. The molecule has 34 heavy (non-hydrogen) atoms. The summed E-state index contributed by atoms with van der Waals surface area (Å²) in [5, 5.41) is 2.45. The summed E-state index contributed by atoms with van der Waals surface area (Å²) in [5.41, 5.74) is 0.668. The van der Waals surface area contributed by atoms with Crippen molar-refractivity contribution < 1.29 is 36.3 Å². The Bertz CT molecular complexity index is 1250. The number of rotatable bonds is 9. The molecule has 178 valence electrons. The molecule has 0 saturated heterocycles. The quantitative estimate of drug-likeness (QED) is 0.462. The van der Waals surface area contributed by atoms with Crippen molar-refractivity contribution in [3.8, 4) is 5.75 Å². The zero-order valence-electron chi connectivity index (χ0n) is 17.9. The van der Waals surface area contributed by atoms with Gasteiger partial charge >= 0.3 is 5.97 Å². The monoisotopic (exact) mass is 490 g/mol. The summed E-state index contributed by atoms with van der Waals surface area (Å²) in [5.74, 6) is -2.13. The van der Waals surface area contributed by atoms with Gasteiger partial charge in [-0.15, -0.1) is 0 Å². The zero-order chi connectivity index (χ0) is 24.7. The molecular weight excluding hydrogens is 470 g/mol. The van der Waals surface area contributed by atoms with E-state index < -0.39 is 46.7 Å². The number of anilines is 2. The summed E-state index contributed by atoms with van der Waals surface area (Å²) in [4.78, 5) is 23.5. The van der Waals surface area contributed by atoms with Crippen molar-refractivity contribution in [2.24, 2.45) is 0 Å². The van der Waals surface area contributed by atoms with E-state index in [-0.39, 0.29) is 10.6 Å². The molecule has 0 atom stereocenters. The molecule has 0 bridgehead atoms. The summed E-state index contributed by atoms with van der Waals surface area (Å²) < 4.78 is 62.4. The van der Waals surface area contributed by atoms with Crippen molar-refractivity contribution >= 4 is 33.3 Å². The van der Waals surface area contributed by atoms with Crippen LogP contribution in [-0.2, 0) is 24.3 Å². The van der Waals surface area contributed by atoms with Crippen molar-refractivity contribution in [3.63, 3.8) is 0 Å². The normalized spacial score (nSPS) is 10.9. The average molecular weight is 490 g/mol. The lowest BCUT2D eigenvalue weighted by Crippen LogP contribution is -2.26. The van der Waals surface area contributed by atoms with Crippen LogP contribution in [0.4, 0.5) is 20.2 Å². The lowest BCUT2D eigenvalue weighted by atomic mass is 10.3. The lowest BCUT2D eigenvalue weighted by Gasteiger charge is -2.19. The first kappa shape index (κ1) is 24.6. The van der Waals surface area contributed by atoms with Crippen molar-refractivity contribution in [3.05, 3.63) is 84.4 Å². The first-order valence-corrected chi connectivity index (χ1v) is 11.3. The smallest absolute Gasteiger partial charge is 0.344 e. The minimum atomic E-state index is -3.89. The largest absolute Gasteiger partial charge is 0.482 e. The highest BCUT2D eigenvalue weighted by atomic mass is 32.2. The van der Waals surface area contributed by atoms with Crippen LogP contribution in [0.25, 0.3) is 0 Å². The average Bonchev–Trinajstić information content (AvgIpc) is 2.83. The highest BCUT2D eigenvalue weighted by Crippen LogP contribution is 2.24. The third-order valence-electron chi connectivity index (χ3n) is 4.52. The predicted molar refractivity (Wildman–Crippen MR) is 120 cm³/mol. The molecular formula is C23H20F2N2O6S. The fraction of sp³-hybridized carbons (Fsp3) is 0.130. The van der Waals surface area contributed by atoms with Gasteiger partial charge in [-0.2, -0.15) is 0 Å². The van der Waals surface area contributed by atoms with Gasteiger partial charge in [0.05, 0.1) is 10.6 Å². The van der Waals surface area contributed by atoms with Crippen LogP contribution in [0.5, 0.6) is 5.75 Å². The predicted octanol–water partition coefficient (Wildman–Crippen LogP) is 3.35. The summed E-state index contributed by atoms with van der Waals surface area (Å²) in [7, 11) is -2.54. The molecule has 0 fully saturated rings. The van der Waals surface area contributed by atoms with E-state index >= 15 is 0 Å². The topological polar surface area (TPSA) is 102 Å². The van der Waals surface area contributed by atoms with E-state index in [9.17, 15) is 26.8 Å². The molecule has 1 amide bonds. The van der Waals surface area contributed by atoms with E-state index in [0.29, 0.717) is 11.4 Å². The molecule has 0 aliphatic rings. The second-order valence-electron chi connectivity index (χ2n) is 6.92. The fourth-order valence-electron chi connectivity index (χ4n) is 2.72. The van der Waals surface area contributed by atoms with Gasteiger partial charge in [0.2, 0.25) is 0 Å². The van der Waals surface area contributed by atoms with Crippen molar-refractivity contribution in [1.82, 2.24) is 0 Å². The third kappa shape index (κ3) is 6.51. The Morgan fingerprint density at radius 2 is 1.41 bits per heavy atom. The fourth-order valence-corrected chi connectivity index (χ4v) is 3.91. The summed E-state index contributed by atoms with van der Waals surface area (Å²) >= 11 is 0. The molecule has 8 nitrogen and oxygen atoms in total. The van der Waals surface area contributed by atoms with E-state index in [4.69, 9.17) is 9.47 Å². The molecule has 3 aromatic rings. The van der Waals surface area contributed by atoms with Crippen LogP contribution in [-0.4, -0.2) is 40.6 Å². The van der Waals surface area contributed by atoms with Crippen LogP contribution in [0, 0.1) is 11.6 Å². The van der Waals surface area contributed by atoms with Crippen LogP contribution < -0.4 is 14.4 Å². The molecule has 0 aliphatic carbocycles. The molecule has 0 unspecified atom stereocenters. The number of nitrogens with zero attached hydrogens (tertiary/aromatic N) is 1. The molecule has 0 aliphatic heterocycles. The van der Waals surface area contributed by atoms with Crippen molar-refractivity contribution in [2.45, 2.75) is 4.90 Å². The maximum atomic E-state index is 13.1. The molecule has 0 radical (unpaired) electrons. The van der Waals surface area contributed by atoms with E-state index in [1.54, 1.807) is 0 Å². The van der Waals surface area contributed by atoms with Gasteiger partial charge in [-0.25, -0.2) is 22.0 Å². The zero-order valence-corrected chi connectivity index (χ0v) is 18.7. The van der Waals surface area contributed by atoms with E-state index in [1.807, 2.05) is 0 Å². The number of benzene rings is 3. The number of amides is 1.